The van der Waals surface area contributed by atoms with Crippen molar-refractivity contribution in [1.29, 1.82) is 0 Å². The van der Waals surface area contributed by atoms with Crippen molar-refractivity contribution in [3.05, 3.63) is 83.9 Å². The molecule has 1 N–H and O–H groups in total. The van der Waals surface area contributed by atoms with E-state index >= 15 is 0 Å². The number of fused-ring (bicyclic) bond motifs is 1. The lowest BCUT2D eigenvalue weighted by Gasteiger charge is -2.36. The Hall–Kier alpha value is -3.23. The van der Waals surface area contributed by atoms with Crippen molar-refractivity contribution in [2.24, 2.45) is 4.99 Å². The van der Waals surface area contributed by atoms with Crippen LogP contribution in [0.15, 0.2) is 72.2 Å². The molecule has 8 heteroatoms. The van der Waals surface area contributed by atoms with E-state index in [4.69, 9.17) is 4.74 Å². The molecule has 2 aliphatic rings. The Morgan fingerprint density at radius 2 is 1.91 bits per heavy atom. The average molecular weight is 446 g/mol. The second-order valence-electron chi connectivity index (χ2n) is 8.65. The van der Waals surface area contributed by atoms with Gasteiger partial charge in [0.15, 0.2) is 5.96 Å². The lowest BCUT2D eigenvalue weighted by atomic mass is 10.1. The number of benzene rings is 2. The molecule has 0 amide bonds. The van der Waals surface area contributed by atoms with E-state index in [1.807, 2.05) is 11.7 Å². The molecule has 2 saturated heterocycles. The highest BCUT2D eigenvalue weighted by Crippen LogP contribution is 2.24. The number of nitrogens with one attached hydrogen (secondary N) is 1. The minimum absolute atomic E-state index is 0.215. The minimum atomic E-state index is 0.215. The third-order valence-electron chi connectivity index (χ3n) is 6.41. The van der Waals surface area contributed by atoms with Gasteiger partial charge in [-0.1, -0.05) is 54.6 Å². The zero-order valence-electron chi connectivity index (χ0n) is 19.0. The quantitative estimate of drug-likeness (QED) is 0.462. The molecule has 0 saturated carbocycles. The average Bonchev–Trinajstić information content (AvgIpc) is 3.51. The first-order valence-corrected chi connectivity index (χ1v) is 11.5. The predicted molar refractivity (Wildman–Crippen MR) is 128 cm³/mol. The van der Waals surface area contributed by atoms with Gasteiger partial charge < -0.3 is 15.0 Å². The van der Waals surface area contributed by atoms with Crippen LogP contribution >= 0.6 is 0 Å². The first-order chi connectivity index (χ1) is 16.3. The summed E-state index contributed by atoms with van der Waals surface area (Å²) in [6, 6.07) is 19.6. The van der Waals surface area contributed by atoms with Crippen LogP contribution in [-0.2, 0) is 24.4 Å². The summed E-state index contributed by atoms with van der Waals surface area (Å²) in [5.41, 5.74) is 3.77. The van der Waals surface area contributed by atoms with Crippen LogP contribution in [0.2, 0.25) is 0 Å². The smallest absolute Gasteiger partial charge is 0.194 e. The van der Waals surface area contributed by atoms with E-state index < -0.39 is 0 Å². The molecule has 1 aromatic heterocycles. The lowest BCUT2D eigenvalue weighted by Crippen LogP contribution is -2.50. The fourth-order valence-electron chi connectivity index (χ4n) is 4.80. The van der Waals surface area contributed by atoms with E-state index in [1.165, 1.54) is 16.7 Å². The highest BCUT2D eigenvalue weighted by molar-refractivity contribution is 5.80. The molecule has 2 unspecified atom stereocenters. The number of nitrogens with zero attached hydrogens (tertiary/aromatic N) is 6. The largest absolute Gasteiger partial charge is 0.373 e. The molecule has 0 bridgehead atoms. The van der Waals surface area contributed by atoms with Gasteiger partial charge >= 0.3 is 0 Å². The fraction of sp³-hybridized carbons (Fsp3) is 0.400. The molecule has 8 nitrogen and oxygen atoms in total. The maximum absolute atomic E-state index is 6.14. The van der Waals surface area contributed by atoms with E-state index in [1.54, 1.807) is 12.7 Å². The van der Waals surface area contributed by atoms with E-state index in [2.05, 4.69) is 84.8 Å². The topological polar surface area (TPSA) is 70.8 Å². The van der Waals surface area contributed by atoms with E-state index in [0.29, 0.717) is 12.6 Å². The van der Waals surface area contributed by atoms with Crippen LogP contribution in [0.25, 0.3) is 0 Å². The Balaban J connectivity index is 1.20. The second kappa shape index (κ2) is 10.1. The number of morpholine rings is 1. The van der Waals surface area contributed by atoms with Crippen LogP contribution in [-0.4, -0.2) is 76.0 Å². The number of rotatable bonds is 6. The standard InChI is InChI=1S/C25H31N7O/c1-26-25(28-13-21-8-5-9-22(12-21)15-32-19-27-18-29-32)31-16-23-24(17-31)33-11-10-30(23)14-20-6-3-2-4-7-20/h2-9,12,18-19,23-24H,10-11,13-17H2,1H3,(H,26,28). The zero-order chi connectivity index (χ0) is 22.5. The maximum Gasteiger partial charge on any atom is 0.194 e. The van der Waals surface area contributed by atoms with Crippen LogP contribution in [0, 0.1) is 0 Å². The molecule has 3 heterocycles. The van der Waals surface area contributed by atoms with E-state index in [0.717, 1.165) is 45.3 Å². The molecule has 172 valence electrons. The van der Waals surface area contributed by atoms with Crippen LogP contribution < -0.4 is 5.32 Å². The highest BCUT2D eigenvalue weighted by atomic mass is 16.5. The van der Waals surface area contributed by atoms with Gasteiger partial charge in [-0.25, -0.2) is 9.67 Å². The van der Waals surface area contributed by atoms with E-state index in [-0.39, 0.29) is 6.10 Å². The second-order valence-corrected chi connectivity index (χ2v) is 8.65. The molecule has 2 atom stereocenters. The monoisotopic (exact) mass is 445 g/mol. The summed E-state index contributed by atoms with van der Waals surface area (Å²) < 4.78 is 7.98. The summed E-state index contributed by atoms with van der Waals surface area (Å²) in [4.78, 5) is 13.5. The number of hydrogen-bond acceptors (Lipinski definition) is 5. The molecule has 5 rings (SSSR count). The molecule has 2 fully saturated rings. The first kappa shape index (κ1) is 21.6. The molecule has 2 aliphatic heterocycles. The van der Waals surface area contributed by atoms with Gasteiger partial charge in [-0.15, -0.1) is 0 Å². The van der Waals surface area contributed by atoms with Crippen molar-refractivity contribution in [2.45, 2.75) is 31.8 Å². The summed E-state index contributed by atoms with van der Waals surface area (Å²) >= 11 is 0. The molecule has 2 aromatic carbocycles. The third-order valence-corrected chi connectivity index (χ3v) is 6.41. The van der Waals surface area contributed by atoms with Gasteiger partial charge in [0.2, 0.25) is 0 Å². The lowest BCUT2D eigenvalue weighted by molar-refractivity contribution is -0.0502. The number of aromatic nitrogens is 3. The zero-order valence-corrected chi connectivity index (χ0v) is 19.0. The van der Waals surface area contributed by atoms with Crippen LogP contribution in [0.1, 0.15) is 16.7 Å². The number of hydrogen-bond donors (Lipinski definition) is 1. The predicted octanol–water partition coefficient (Wildman–Crippen LogP) is 1.99. The molecule has 0 spiro atoms. The van der Waals surface area contributed by atoms with Gasteiger partial charge in [-0.3, -0.25) is 9.89 Å². The summed E-state index contributed by atoms with van der Waals surface area (Å²) in [5.74, 6) is 0.925. The summed E-state index contributed by atoms with van der Waals surface area (Å²) in [6.45, 7) is 5.93. The summed E-state index contributed by atoms with van der Waals surface area (Å²) in [6.07, 6.45) is 3.52. The van der Waals surface area contributed by atoms with Gasteiger partial charge in [0.05, 0.1) is 25.3 Å². The normalized spacial score (nSPS) is 21.2. The van der Waals surface area contributed by atoms with Gasteiger partial charge in [-0.05, 0) is 16.7 Å². The van der Waals surface area contributed by atoms with Gasteiger partial charge in [0, 0.05) is 39.8 Å². The van der Waals surface area contributed by atoms with Crippen LogP contribution in [0.3, 0.4) is 0 Å². The number of ether oxygens (including phenoxy) is 1. The molecule has 33 heavy (non-hydrogen) atoms. The number of aliphatic imine (C=N–C) groups is 1. The fourth-order valence-corrected chi connectivity index (χ4v) is 4.80. The molecule has 0 aliphatic carbocycles. The summed E-state index contributed by atoms with van der Waals surface area (Å²) in [7, 11) is 1.86. The van der Waals surface area contributed by atoms with Gasteiger partial charge in [0.1, 0.15) is 12.7 Å². The van der Waals surface area contributed by atoms with Crippen molar-refractivity contribution in [3.8, 4) is 0 Å². The number of likely N-dealkylation sites (tertiary alicyclic amines) is 1. The molecule has 3 aromatic rings. The Kier molecular flexibility index (Phi) is 6.64. The number of guanidine groups is 1. The Bertz CT molecular complexity index is 1050. The van der Waals surface area contributed by atoms with E-state index in [9.17, 15) is 0 Å². The molecular weight excluding hydrogens is 414 g/mol. The van der Waals surface area contributed by atoms with Gasteiger partial charge in [-0.2, -0.15) is 5.10 Å². The first-order valence-electron chi connectivity index (χ1n) is 11.5. The van der Waals surface area contributed by atoms with Crippen LogP contribution in [0.5, 0.6) is 0 Å². The Morgan fingerprint density at radius 3 is 2.73 bits per heavy atom. The SMILES string of the molecule is CN=C(NCc1cccc(Cn2cncn2)c1)N1CC2OCCN(Cc3ccccc3)C2C1. The molecule has 0 radical (unpaired) electrons. The highest BCUT2D eigenvalue weighted by Gasteiger charge is 2.41. The Labute approximate surface area is 194 Å². The van der Waals surface area contributed by atoms with Crippen molar-refractivity contribution >= 4 is 5.96 Å². The molecular formula is C25H31N7O. The summed E-state index contributed by atoms with van der Waals surface area (Å²) in [5, 5.41) is 7.75. The van der Waals surface area contributed by atoms with Crippen molar-refractivity contribution in [1.82, 2.24) is 29.9 Å². The minimum Gasteiger partial charge on any atom is -0.373 e. The maximum atomic E-state index is 6.14. The van der Waals surface area contributed by atoms with Crippen molar-refractivity contribution in [3.63, 3.8) is 0 Å². The van der Waals surface area contributed by atoms with Crippen molar-refractivity contribution in [2.75, 3.05) is 33.3 Å². The Morgan fingerprint density at radius 1 is 1.06 bits per heavy atom. The van der Waals surface area contributed by atoms with Gasteiger partial charge in [0.25, 0.3) is 0 Å². The van der Waals surface area contributed by atoms with Crippen LogP contribution in [0.4, 0.5) is 0 Å². The third kappa shape index (κ3) is 5.23. The van der Waals surface area contributed by atoms with Crippen molar-refractivity contribution < 1.29 is 4.74 Å².